The highest BCUT2D eigenvalue weighted by molar-refractivity contribution is 5.93. The first-order valence-corrected chi connectivity index (χ1v) is 11.8. The summed E-state index contributed by atoms with van der Waals surface area (Å²) in [6, 6.07) is 5.65. The summed E-state index contributed by atoms with van der Waals surface area (Å²) in [5.41, 5.74) is 2.55. The fourth-order valence-corrected chi connectivity index (χ4v) is 4.74. The Labute approximate surface area is 192 Å². The van der Waals surface area contributed by atoms with E-state index in [-0.39, 0.29) is 23.4 Å². The van der Waals surface area contributed by atoms with Gasteiger partial charge in [-0.15, -0.1) is 0 Å². The molecule has 0 saturated heterocycles. The minimum atomic E-state index is -0.311. The number of esters is 1. The summed E-state index contributed by atoms with van der Waals surface area (Å²) < 4.78 is 11.3. The smallest absolute Gasteiger partial charge is 0.340 e. The SMILES string of the molecule is C[C@@H]1COC(=O)c2ccc(Nc3cc4c(C(C)(C)C5CC5)cnc(OC5CC5)c4cn3)nc21. The van der Waals surface area contributed by atoms with Crippen molar-refractivity contribution >= 4 is 28.4 Å². The molecular formula is C26H28N4O3. The molecule has 3 aliphatic rings. The van der Waals surface area contributed by atoms with E-state index in [2.05, 4.69) is 30.2 Å². The van der Waals surface area contributed by atoms with Crippen molar-refractivity contribution in [2.45, 2.75) is 63.9 Å². The number of pyridine rings is 3. The van der Waals surface area contributed by atoms with Crippen molar-refractivity contribution in [3.05, 3.63) is 47.4 Å². The van der Waals surface area contributed by atoms with E-state index in [0.29, 0.717) is 35.6 Å². The standard InChI is InChI=1S/C26H28N4O3/c1-14-13-32-25(31)17-8-9-21(30-23(14)17)29-22-10-18-19(11-27-22)24(33-16-6-7-16)28-12-20(18)26(2,3)15-4-5-15/h8-12,14-16H,4-7,13H2,1-3H3,(H,27,29,30)/t14-/m1/s1. The molecule has 1 atom stereocenters. The zero-order valence-corrected chi connectivity index (χ0v) is 19.2. The van der Waals surface area contributed by atoms with Crippen molar-refractivity contribution in [2.75, 3.05) is 11.9 Å². The van der Waals surface area contributed by atoms with Crippen LogP contribution in [0.15, 0.2) is 30.6 Å². The van der Waals surface area contributed by atoms with Crippen LogP contribution in [-0.2, 0) is 10.2 Å². The molecule has 0 amide bonds. The van der Waals surface area contributed by atoms with Gasteiger partial charge in [-0.05, 0) is 66.2 Å². The monoisotopic (exact) mass is 444 g/mol. The highest BCUT2D eigenvalue weighted by atomic mass is 16.5. The highest BCUT2D eigenvalue weighted by Crippen LogP contribution is 2.49. The largest absolute Gasteiger partial charge is 0.474 e. The lowest BCUT2D eigenvalue weighted by molar-refractivity contribution is 0.0445. The van der Waals surface area contributed by atoms with Crippen molar-refractivity contribution in [3.63, 3.8) is 0 Å². The van der Waals surface area contributed by atoms with Gasteiger partial charge in [0, 0.05) is 18.3 Å². The van der Waals surface area contributed by atoms with Gasteiger partial charge in [-0.1, -0.05) is 20.8 Å². The van der Waals surface area contributed by atoms with Crippen LogP contribution in [0.2, 0.25) is 0 Å². The van der Waals surface area contributed by atoms with E-state index in [4.69, 9.17) is 19.4 Å². The topological polar surface area (TPSA) is 86.2 Å². The summed E-state index contributed by atoms with van der Waals surface area (Å²) in [5.74, 6) is 2.45. The molecule has 7 nitrogen and oxygen atoms in total. The summed E-state index contributed by atoms with van der Waals surface area (Å²) in [5, 5.41) is 5.41. The number of nitrogens with one attached hydrogen (secondary N) is 1. The van der Waals surface area contributed by atoms with Crippen molar-refractivity contribution in [3.8, 4) is 5.88 Å². The molecule has 2 aliphatic carbocycles. The third-order valence-electron chi connectivity index (χ3n) is 7.16. The van der Waals surface area contributed by atoms with Crippen molar-refractivity contribution in [1.82, 2.24) is 15.0 Å². The van der Waals surface area contributed by atoms with E-state index in [9.17, 15) is 4.79 Å². The summed E-state index contributed by atoms with van der Waals surface area (Å²) in [7, 11) is 0. The van der Waals surface area contributed by atoms with Crippen LogP contribution in [0.1, 0.15) is 74.0 Å². The quantitative estimate of drug-likeness (QED) is 0.518. The molecular weight excluding hydrogens is 416 g/mol. The number of rotatable bonds is 6. The number of fused-ring (bicyclic) bond motifs is 2. The Kier molecular flexibility index (Phi) is 4.57. The maximum absolute atomic E-state index is 12.0. The van der Waals surface area contributed by atoms with Gasteiger partial charge in [0.25, 0.3) is 0 Å². The van der Waals surface area contributed by atoms with Gasteiger partial charge in [-0.3, -0.25) is 0 Å². The van der Waals surface area contributed by atoms with Gasteiger partial charge in [0.15, 0.2) is 0 Å². The number of cyclic esters (lactones) is 1. The Morgan fingerprint density at radius 1 is 1.06 bits per heavy atom. The number of anilines is 2. The van der Waals surface area contributed by atoms with Crippen LogP contribution in [0.5, 0.6) is 5.88 Å². The van der Waals surface area contributed by atoms with E-state index in [1.807, 2.05) is 19.3 Å². The Morgan fingerprint density at radius 3 is 2.64 bits per heavy atom. The lowest BCUT2D eigenvalue weighted by Crippen LogP contribution is -2.22. The van der Waals surface area contributed by atoms with Gasteiger partial charge < -0.3 is 14.8 Å². The lowest BCUT2D eigenvalue weighted by atomic mass is 9.79. The molecule has 4 heterocycles. The average Bonchev–Trinajstić information content (AvgIpc) is 3.70. The predicted octanol–water partition coefficient (Wildman–Crippen LogP) is 5.27. The highest BCUT2D eigenvalue weighted by Gasteiger charge is 2.40. The van der Waals surface area contributed by atoms with Gasteiger partial charge >= 0.3 is 5.97 Å². The Morgan fingerprint density at radius 2 is 1.88 bits per heavy atom. The van der Waals surface area contributed by atoms with E-state index < -0.39 is 0 Å². The molecule has 0 bridgehead atoms. The molecule has 33 heavy (non-hydrogen) atoms. The second-order valence-corrected chi connectivity index (χ2v) is 10.2. The van der Waals surface area contributed by atoms with Crippen LogP contribution in [0, 0.1) is 5.92 Å². The minimum Gasteiger partial charge on any atom is -0.474 e. The predicted molar refractivity (Wildman–Crippen MR) is 125 cm³/mol. The molecule has 170 valence electrons. The molecule has 3 aromatic heterocycles. The summed E-state index contributed by atoms with van der Waals surface area (Å²) in [6.45, 7) is 6.98. The van der Waals surface area contributed by atoms with Gasteiger partial charge in [0.05, 0.1) is 23.3 Å². The number of carbonyl (C=O) groups excluding carboxylic acids is 1. The fourth-order valence-electron chi connectivity index (χ4n) is 4.74. The summed E-state index contributed by atoms with van der Waals surface area (Å²) in [6.07, 6.45) is 8.80. The summed E-state index contributed by atoms with van der Waals surface area (Å²) >= 11 is 0. The number of nitrogens with zero attached hydrogens (tertiary/aromatic N) is 3. The first kappa shape index (κ1) is 20.4. The number of hydrogen-bond acceptors (Lipinski definition) is 7. The van der Waals surface area contributed by atoms with Gasteiger partial charge in [0.2, 0.25) is 5.88 Å². The van der Waals surface area contributed by atoms with Crippen LogP contribution in [0.3, 0.4) is 0 Å². The third-order valence-corrected chi connectivity index (χ3v) is 7.16. The second-order valence-electron chi connectivity index (χ2n) is 10.2. The lowest BCUT2D eigenvalue weighted by Gasteiger charge is -2.27. The molecule has 1 N–H and O–H groups in total. The first-order chi connectivity index (χ1) is 15.9. The molecule has 2 saturated carbocycles. The molecule has 6 rings (SSSR count). The zero-order valence-electron chi connectivity index (χ0n) is 19.2. The van der Waals surface area contributed by atoms with Crippen molar-refractivity contribution < 1.29 is 14.3 Å². The Hall–Kier alpha value is -3.22. The Bertz CT molecular complexity index is 1260. The fraction of sp³-hybridized carbons (Fsp3) is 0.462. The van der Waals surface area contributed by atoms with E-state index in [1.165, 1.54) is 18.4 Å². The van der Waals surface area contributed by atoms with Crippen LogP contribution in [-0.4, -0.2) is 33.6 Å². The normalized spacial score (nSPS) is 20.3. The molecule has 0 aromatic carbocycles. The van der Waals surface area contributed by atoms with E-state index in [1.54, 1.807) is 12.1 Å². The van der Waals surface area contributed by atoms with Crippen molar-refractivity contribution in [1.29, 1.82) is 0 Å². The zero-order chi connectivity index (χ0) is 22.7. The molecule has 0 unspecified atom stereocenters. The molecule has 7 heteroatoms. The van der Waals surface area contributed by atoms with Crippen LogP contribution in [0.4, 0.5) is 11.6 Å². The summed E-state index contributed by atoms with van der Waals surface area (Å²) in [4.78, 5) is 26.1. The average molecular weight is 445 g/mol. The molecule has 1 aliphatic heterocycles. The minimum absolute atomic E-state index is 0.0296. The number of ether oxygens (including phenoxy) is 2. The van der Waals surface area contributed by atoms with Gasteiger partial charge in [-0.2, -0.15) is 0 Å². The number of hydrogen-bond donors (Lipinski definition) is 1. The van der Waals surface area contributed by atoms with Crippen LogP contribution in [0.25, 0.3) is 10.8 Å². The van der Waals surface area contributed by atoms with Crippen LogP contribution >= 0.6 is 0 Å². The number of aromatic nitrogens is 3. The van der Waals surface area contributed by atoms with Crippen LogP contribution < -0.4 is 10.1 Å². The van der Waals surface area contributed by atoms with Gasteiger partial charge in [-0.25, -0.2) is 19.7 Å². The van der Waals surface area contributed by atoms with E-state index in [0.717, 1.165) is 29.3 Å². The molecule has 0 radical (unpaired) electrons. The van der Waals surface area contributed by atoms with Gasteiger partial charge in [0.1, 0.15) is 17.7 Å². The maximum atomic E-state index is 12.0. The van der Waals surface area contributed by atoms with Crippen molar-refractivity contribution in [2.24, 2.45) is 5.92 Å². The number of carbonyl (C=O) groups is 1. The first-order valence-electron chi connectivity index (χ1n) is 11.8. The molecule has 3 aromatic rings. The van der Waals surface area contributed by atoms with E-state index >= 15 is 0 Å². The second kappa shape index (κ2) is 7.40. The molecule has 2 fully saturated rings. The third kappa shape index (κ3) is 3.69. The Balaban J connectivity index is 1.40. The molecule has 0 spiro atoms. The maximum Gasteiger partial charge on any atom is 0.340 e.